The Morgan fingerprint density at radius 3 is 2.40 bits per heavy atom. The molecule has 0 amide bonds. The topological polar surface area (TPSA) is 69.4 Å². The third-order valence-electron chi connectivity index (χ3n) is 3.20. The Morgan fingerprint density at radius 2 is 1.90 bits per heavy atom. The van der Waals surface area contributed by atoms with Gasteiger partial charge in [-0.2, -0.15) is 0 Å². The second-order valence-electron chi connectivity index (χ2n) is 6.11. The number of benzene rings is 1. The maximum absolute atomic E-state index is 12.0. The molecular weight excluding hydrogens is 274 g/mol. The van der Waals surface area contributed by atoms with E-state index in [1.807, 2.05) is 32.0 Å². The smallest absolute Gasteiger partial charge is 0.158 e. The molecule has 1 atom stereocenters. The molecule has 0 saturated carbocycles. The second-order valence-corrected chi connectivity index (χ2v) is 8.97. The van der Waals surface area contributed by atoms with Crippen molar-refractivity contribution >= 4 is 9.84 Å². The van der Waals surface area contributed by atoms with Crippen LogP contribution in [-0.4, -0.2) is 25.5 Å². The summed E-state index contributed by atoms with van der Waals surface area (Å²) < 4.78 is 28.9. The molecule has 0 saturated heterocycles. The van der Waals surface area contributed by atoms with Crippen molar-refractivity contribution in [1.82, 2.24) is 0 Å². The van der Waals surface area contributed by atoms with Crippen molar-refractivity contribution in [2.24, 2.45) is 5.73 Å². The molecule has 5 heteroatoms. The van der Waals surface area contributed by atoms with E-state index in [4.69, 9.17) is 10.5 Å². The predicted octanol–water partition coefficient (Wildman–Crippen LogP) is 2.61. The maximum atomic E-state index is 12.0. The highest BCUT2D eigenvalue weighted by Crippen LogP contribution is 2.25. The van der Waals surface area contributed by atoms with E-state index in [1.165, 1.54) is 0 Å². The highest BCUT2D eigenvalue weighted by atomic mass is 32.2. The van der Waals surface area contributed by atoms with E-state index in [1.54, 1.807) is 20.8 Å². The molecule has 0 unspecified atom stereocenters. The summed E-state index contributed by atoms with van der Waals surface area (Å²) >= 11 is 0. The molecular formula is C15H25NO3S. The highest BCUT2D eigenvalue weighted by Gasteiger charge is 2.28. The first-order valence-corrected chi connectivity index (χ1v) is 8.41. The molecule has 0 radical (unpaired) electrons. The van der Waals surface area contributed by atoms with Crippen LogP contribution in [0.4, 0.5) is 0 Å². The fourth-order valence-corrected chi connectivity index (χ4v) is 2.64. The van der Waals surface area contributed by atoms with Crippen LogP contribution in [0.2, 0.25) is 0 Å². The summed E-state index contributed by atoms with van der Waals surface area (Å²) in [5.41, 5.74) is 7.92. The zero-order valence-electron chi connectivity index (χ0n) is 12.9. The van der Waals surface area contributed by atoms with Gasteiger partial charge in [0.05, 0.1) is 10.5 Å². The minimum Gasteiger partial charge on any atom is -0.492 e. The number of sulfone groups is 1. The van der Waals surface area contributed by atoms with Crippen molar-refractivity contribution in [3.63, 3.8) is 0 Å². The molecule has 0 aliphatic heterocycles. The molecule has 1 aromatic rings. The van der Waals surface area contributed by atoms with Gasteiger partial charge in [-0.15, -0.1) is 0 Å². The fourth-order valence-electron chi connectivity index (χ4n) is 1.72. The van der Waals surface area contributed by atoms with E-state index in [0.717, 1.165) is 11.1 Å². The Morgan fingerprint density at radius 1 is 1.30 bits per heavy atom. The molecule has 0 spiro atoms. The number of ether oxygens (including phenoxy) is 1. The van der Waals surface area contributed by atoms with Gasteiger partial charge in [-0.25, -0.2) is 8.42 Å². The standard InChI is InChI=1S/C15H25NO3S/c1-11-6-7-14(13(10-11)12(2)16)19-8-9-20(17,18)15(3,4)5/h6-7,10,12H,8-9,16H2,1-5H3/t12-/m0/s1. The van der Waals surface area contributed by atoms with Crippen molar-refractivity contribution in [2.75, 3.05) is 12.4 Å². The maximum Gasteiger partial charge on any atom is 0.158 e. The molecule has 1 aromatic carbocycles. The first kappa shape index (κ1) is 17.0. The molecule has 4 nitrogen and oxygen atoms in total. The number of nitrogens with two attached hydrogens (primary N) is 1. The zero-order chi connectivity index (χ0) is 15.6. The minimum absolute atomic E-state index is 0.00275. The Kier molecular flexibility index (Phi) is 5.21. The van der Waals surface area contributed by atoms with E-state index >= 15 is 0 Å². The number of aryl methyl sites for hydroxylation is 1. The van der Waals surface area contributed by atoms with Gasteiger partial charge < -0.3 is 10.5 Å². The molecule has 0 heterocycles. The van der Waals surface area contributed by atoms with Crippen LogP contribution in [0.15, 0.2) is 18.2 Å². The van der Waals surface area contributed by atoms with Gasteiger partial charge in [0.25, 0.3) is 0 Å². The van der Waals surface area contributed by atoms with Crippen LogP contribution in [0, 0.1) is 6.92 Å². The van der Waals surface area contributed by atoms with Crippen LogP contribution in [0.3, 0.4) is 0 Å². The van der Waals surface area contributed by atoms with Crippen LogP contribution >= 0.6 is 0 Å². The SMILES string of the molecule is Cc1ccc(OCCS(=O)(=O)C(C)(C)C)c([C@H](C)N)c1. The van der Waals surface area contributed by atoms with E-state index in [-0.39, 0.29) is 18.4 Å². The fraction of sp³-hybridized carbons (Fsp3) is 0.600. The molecule has 0 aliphatic carbocycles. The zero-order valence-corrected chi connectivity index (χ0v) is 13.8. The lowest BCUT2D eigenvalue weighted by Crippen LogP contribution is -2.32. The van der Waals surface area contributed by atoms with Crippen LogP contribution in [0.1, 0.15) is 44.9 Å². The van der Waals surface area contributed by atoms with Gasteiger partial charge in [-0.3, -0.25) is 0 Å². The molecule has 1 rings (SSSR count). The summed E-state index contributed by atoms with van der Waals surface area (Å²) in [6.45, 7) is 9.10. The Balaban J connectivity index is 2.77. The molecule has 20 heavy (non-hydrogen) atoms. The average Bonchev–Trinajstić information content (AvgIpc) is 2.29. The lowest BCUT2D eigenvalue weighted by molar-refractivity contribution is 0.334. The molecule has 0 bridgehead atoms. The first-order chi connectivity index (χ1) is 9.04. The molecule has 114 valence electrons. The van der Waals surface area contributed by atoms with Gasteiger partial charge in [0.1, 0.15) is 12.4 Å². The van der Waals surface area contributed by atoms with Gasteiger partial charge in [-0.1, -0.05) is 17.7 Å². The average molecular weight is 299 g/mol. The van der Waals surface area contributed by atoms with Crippen molar-refractivity contribution in [3.05, 3.63) is 29.3 Å². The monoisotopic (exact) mass is 299 g/mol. The summed E-state index contributed by atoms with van der Waals surface area (Å²) in [6.07, 6.45) is 0. The largest absolute Gasteiger partial charge is 0.492 e. The minimum atomic E-state index is -3.17. The third kappa shape index (κ3) is 4.21. The highest BCUT2D eigenvalue weighted by molar-refractivity contribution is 7.92. The van der Waals surface area contributed by atoms with Crippen LogP contribution < -0.4 is 10.5 Å². The summed E-state index contributed by atoms with van der Waals surface area (Å²) in [6, 6.07) is 5.60. The van der Waals surface area contributed by atoms with Gasteiger partial charge in [-0.05, 0) is 40.7 Å². The summed E-state index contributed by atoms with van der Waals surface area (Å²) in [5.74, 6) is 0.665. The summed E-state index contributed by atoms with van der Waals surface area (Å²) in [4.78, 5) is 0. The van der Waals surface area contributed by atoms with E-state index < -0.39 is 14.6 Å². The lowest BCUT2D eigenvalue weighted by Gasteiger charge is -2.20. The quantitative estimate of drug-likeness (QED) is 0.907. The number of hydrogen-bond acceptors (Lipinski definition) is 4. The number of hydrogen-bond donors (Lipinski definition) is 1. The van der Waals surface area contributed by atoms with Gasteiger partial charge >= 0.3 is 0 Å². The van der Waals surface area contributed by atoms with E-state index in [9.17, 15) is 8.42 Å². The molecule has 2 N–H and O–H groups in total. The number of rotatable bonds is 5. The van der Waals surface area contributed by atoms with Gasteiger partial charge in [0.15, 0.2) is 9.84 Å². The van der Waals surface area contributed by atoms with Crippen molar-refractivity contribution in [3.8, 4) is 5.75 Å². The summed E-state index contributed by atoms with van der Waals surface area (Å²) in [5, 5.41) is 0. The van der Waals surface area contributed by atoms with Crippen molar-refractivity contribution < 1.29 is 13.2 Å². The lowest BCUT2D eigenvalue weighted by atomic mass is 10.1. The second kappa shape index (κ2) is 6.14. The Bertz CT molecular complexity index is 557. The van der Waals surface area contributed by atoms with Gasteiger partial charge in [0.2, 0.25) is 0 Å². The van der Waals surface area contributed by atoms with Crippen LogP contribution in [0.25, 0.3) is 0 Å². The predicted molar refractivity (Wildman–Crippen MR) is 82.8 cm³/mol. The Hall–Kier alpha value is -1.07. The van der Waals surface area contributed by atoms with Crippen molar-refractivity contribution in [1.29, 1.82) is 0 Å². The Labute approximate surface area is 122 Å². The normalized spacial score (nSPS) is 14.1. The van der Waals surface area contributed by atoms with Crippen LogP contribution in [0.5, 0.6) is 5.75 Å². The van der Waals surface area contributed by atoms with Crippen molar-refractivity contribution in [2.45, 2.75) is 45.4 Å². The van der Waals surface area contributed by atoms with E-state index in [0.29, 0.717) is 5.75 Å². The van der Waals surface area contributed by atoms with E-state index in [2.05, 4.69) is 0 Å². The first-order valence-electron chi connectivity index (χ1n) is 6.76. The van der Waals surface area contributed by atoms with Gasteiger partial charge in [0, 0.05) is 11.6 Å². The molecule has 0 aliphatic rings. The molecule has 0 fully saturated rings. The summed E-state index contributed by atoms with van der Waals surface area (Å²) in [7, 11) is -3.17. The van der Waals surface area contributed by atoms with Crippen LogP contribution in [-0.2, 0) is 9.84 Å². The third-order valence-corrected chi connectivity index (χ3v) is 5.77. The molecule has 0 aromatic heterocycles.